The van der Waals surface area contributed by atoms with E-state index < -0.39 is 5.82 Å². The summed E-state index contributed by atoms with van der Waals surface area (Å²) in [5.41, 5.74) is -0.0273. The zero-order chi connectivity index (χ0) is 13.9. The lowest BCUT2D eigenvalue weighted by molar-refractivity contribution is -0.0485. The molecule has 3 nitrogen and oxygen atoms in total. The molecule has 1 fully saturated rings. The molecule has 0 aromatic heterocycles. The smallest absolute Gasteiger partial charge is 0.179 e. The van der Waals surface area contributed by atoms with E-state index in [1.54, 1.807) is 19.2 Å². The van der Waals surface area contributed by atoms with Gasteiger partial charge in [-0.1, -0.05) is 12.1 Å². The molecule has 0 spiro atoms. The zero-order valence-electron chi connectivity index (χ0n) is 11.5. The highest BCUT2D eigenvalue weighted by atomic mass is 19.1. The number of likely N-dealkylation sites (tertiary alicyclic amines) is 1. The highest BCUT2D eigenvalue weighted by Crippen LogP contribution is 2.24. The summed E-state index contributed by atoms with van der Waals surface area (Å²) in [4.78, 5) is 14.2. The first-order chi connectivity index (χ1) is 9.04. The molecule has 1 aliphatic heterocycles. The number of methoxy groups -OCH3 is 1. The molecule has 0 N–H and O–H groups in total. The maximum absolute atomic E-state index is 13.5. The fourth-order valence-electron chi connectivity index (χ4n) is 2.58. The van der Waals surface area contributed by atoms with Crippen LogP contribution in [-0.4, -0.2) is 43.0 Å². The second-order valence-corrected chi connectivity index (χ2v) is 5.37. The van der Waals surface area contributed by atoms with Crippen LogP contribution in [0.1, 0.15) is 30.1 Å². The van der Waals surface area contributed by atoms with E-state index in [4.69, 9.17) is 4.74 Å². The van der Waals surface area contributed by atoms with Crippen molar-refractivity contribution in [1.29, 1.82) is 0 Å². The van der Waals surface area contributed by atoms with Gasteiger partial charge in [-0.3, -0.25) is 9.69 Å². The van der Waals surface area contributed by atoms with Gasteiger partial charge in [0.15, 0.2) is 5.78 Å². The second-order valence-electron chi connectivity index (χ2n) is 5.37. The van der Waals surface area contributed by atoms with Gasteiger partial charge in [0.25, 0.3) is 0 Å². The number of carbonyl (C=O) groups excluding carboxylic acids is 1. The molecule has 0 amide bonds. The van der Waals surface area contributed by atoms with Gasteiger partial charge in [-0.2, -0.15) is 0 Å². The van der Waals surface area contributed by atoms with Gasteiger partial charge in [-0.05, 0) is 38.4 Å². The number of halogens is 1. The van der Waals surface area contributed by atoms with Crippen LogP contribution in [0.5, 0.6) is 0 Å². The molecule has 2 rings (SSSR count). The number of benzene rings is 1. The molecule has 104 valence electrons. The van der Waals surface area contributed by atoms with Crippen LogP contribution < -0.4 is 0 Å². The van der Waals surface area contributed by atoms with Crippen LogP contribution in [0.2, 0.25) is 0 Å². The van der Waals surface area contributed by atoms with Crippen LogP contribution in [0, 0.1) is 5.82 Å². The topological polar surface area (TPSA) is 29.5 Å². The molecule has 1 aliphatic rings. The monoisotopic (exact) mass is 265 g/mol. The van der Waals surface area contributed by atoms with Crippen molar-refractivity contribution < 1.29 is 13.9 Å². The van der Waals surface area contributed by atoms with E-state index >= 15 is 0 Å². The molecule has 0 saturated carbocycles. The molecule has 1 unspecified atom stereocenters. The van der Waals surface area contributed by atoms with Crippen molar-refractivity contribution in [2.75, 3.05) is 26.7 Å². The molecule has 0 bridgehead atoms. The lowest BCUT2D eigenvalue weighted by Crippen LogP contribution is -2.48. The number of piperidine rings is 1. The van der Waals surface area contributed by atoms with Gasteiger partial charge < -0.3 is 4.74 Å². The summed E-state index contributed by atoms with van der Waals surface area (Å²) in [6, 6.07) is 6.14. The summed E-state index contributed by atoms with van der Waals surface area (Å²) < 4.78 is 19.0. The standard InChI is InChI=1S/C15H20FNO2/c1-15(19-2)8-5-9-17(11-15)10-14(18)12-6-3-4-7-13(12)16/h3-4,6-7H,5,8-11H2,1-2H3. The third kappa shape index (κ3) is 3.39. The predicted octanol–water partition coefficient (Wildman–Crippen LogP) is 2.51. The van der Waals surface area contributed by atoms with Crippen molar-refractivity contribution in [3.63, 3.8) is 0 Å². The highest BCUT2D eigenvalue weighted by Gasteiger charge is 2.31. The Hall–Kier alpha value is -1.26. The Morgan fingerprint density at radius 2 is 2.21 bits per heavy atom. The zero-order valence-corrected chi connectivity index (χ0v) is 11.5. The minimum atomic E-state index is -0.445. The van der Waals surface area contributed by atoms with Gasteiger partial charge in [-0.25, -0.2) is 4.39 Å². The molecule has 1 heterocycles. The van der Waals surface area contributed by atoms with Gasteiger partial charge in [0, 0.05) is 13.7 Å². The number of ketones is 1. The summed E-state index contributed by atoms with van der Waals surface area (Å²) in [6.07, 6.45) is 1.99. The normalized spacial score (nSPS) is 24.4. The van der Waals surface area contributed by atoms with E-state index in [1.807, 2.05) is 11.8 Å². The SMILES string of the molecule is COC1(C)CCCN(CC(=O)c2ccccc2F)C1. The Bertz CT molecular complexity index is 463. The molecule has 1 aromatic carbocycles. The van der Waals surface area contributed by atoms with Gasteiger partial charge in [0.2, 0.25) is 0 Å². The van der Waals surface area contributed by atoms with Crippen molar-refractivity contribution in [3.8, 4) is 0 Å². The fraction of sp³-hybridized carbons (Fsp3) is 0.533. The molecule has 1 atom stereocenters. The van der Waals surface area contributed by atoms with Crippen LogP contribution in [-0.2, 0) is 4.74 Å². The summed E-state index contributed by atoms with van der Waals surface area (Å²) in [5.74, 6) is -0.613. The Morgan fingerprint density at radius 3 is 2.89 bits per heavy atom. The maximum atomic E-state index is 13.5. The average molecular weight is 265 g/mol. The molecule has 0 radical (unpaired) electrons. The lowest BCUT2D eigenvalue weighted by atomic mass is 9.94. The van der Waals surface area contributed by atoms with Gasteiger partial charge >= 0.3 is 0 Å². The first-order valence-electron chi connectivity index (χ1n) is 6.59. The summed E-state index contributed by atoms with van der Waals surface area (Å²) >= 11 is 0. The fourth-order valence-corrected chi connectivity index (χ4v) is 2.58. The van der Waals surface area contributed by atoms with E-state index in [0.29, 0.717) is 6.54 Å². The van der Waals surface area contributed by atoms with Gasteiger partial charge in [-0.15, -0.1) is 0 Å². The van der Waals surface area contributed by atoms with Crippen molar-refractivity contribution >= 4 is 5.78 Å². The van der Waals surface area contributed by atoms with Crippen molar-refractivity contribution in [1.82, 2.24) is 4.90 Å². The molecular weight excluding hydrogens is 245 g/mol. The van der Waals surface area contributed by atoms with E-state index in [2.05, 4.69) is 0 Å². The van der Waals surface area contributed by atoms with E-state index in [-0.39, 0.29) is 23.5 Å². The summed E-state index contributed by atoms with van der Waals surface area (Å²) in [5, 5.41) is 0. The molecule has 1 saturated heterocycles. The Labute approximate surface area is 113 Å². The molecule has 0 aliphatic carbocycles. The van der Waals surface area contributed by atoms with Crippen LogP contribution in [0.15, 0.2) is 24.3 Å². The quantitative estimate of drug-likeness (QED) is 0.783. The Balaban J connectivity index is 2.02. The first kappa shape index (κ1) is 14.2. The maximum Gasteiger partial charge on any atom is 0.179 e. The van der Waals surface area contributed by atoms with Crippen molar-refractivity contribution in [2.24, 2.45) is 0 Å². The van der Waals surface area contributed by atoms with Gasteiger partial charge in [0.05, 0.1) is 17.7 Å². The van der Waals surface area contributed by atoms with Crippen LogP contribution in [0.4, 0.5) is 4.39 Å². The van der Waals surface area contributed by atoms with Crippen molar-refractivity contribution in [3.05, 3.63) is 35.6 Å². The Kier molecular flexibility index (Phi) is 4.32. The van der Waals surface area contributed by atoms with Crippen LogP contribution in [0.25, 0.3) is 0 Å². The highest BCUT2D eigenvalue weighted by molar-refractivity contribution is 5.97. The number of carbonyl (C=O) groups is 1. The Morgan fingerprint density at radius 1 is 1.47 bits per heavy atom. The third-order valence-electron chi connectivity index (χ3n) is 3.77. The average Bonchev–Trinajstić information content (AvgIpc) is 2.39. The summed E-state index contributed by atoms with van der Waals surface area (Å²) in [7, 11) is 1.70. The first-order valence-corrected chi connectivity index (χ1v) is 6.59. The number of hydrogen-bond donors (Lipinski definition) is 0. The van der Waals surface area contributed by atoms with E-state index in [1.165, 1.54) is 12.1 Å². The van der Waals surface area contributed by atoms with E-state index in [9.17, 15) is 9.18 Å². The van der Waals surface area contributed by atoms with Gasteiger partial charge in [0.1, 0.15) is 5.82 Å². The van der Waals surface area contributed by atoms with Crippen molar-refractivity contribution in [2.45, 2.75) is 25.4 Å². The third-order valence-corrected chi connectivity index (χ3v) is 3.77. The largest absolute Gasteiger partial charge is 0.377 e. The second kappa shape index (κ2) is 5.80. The number of ether oxygens (including phenoxy) is 1. The number of Topliss-reactive ketones (excluding diaryl/α,β-unsaturated/α-hetero) is 1. The minimum absolute atomic E-state index is 0.168. The molecule has 4 heteroatoms. The predicted molar refractivity (Wildman–Crippen MR) is 71.8 cm³/mol. The van der Waals surface area contributed by atoms with E-state index in [0.717, 1.165) is 19.4 Å². The number of hydrogen-bond acceptors (Lipinski definition) is 3. The number of rotatable bonds is 4. The number of nitrogens with zero attached hydrogens (tertiary/aromatic N) is 1. The lowest BCUT2D eigenvalue weighted by Gasteiger charge is -2.39. The summed E-state index contributed by atoms with van der Waals surface area (Å²) in [6.45, 7) is 3.87. The van der Waals surface area contributed by atoms with Crippen LogP contribution in [0.3, 0.4) is 0 Å². The molecule has 19 heavy (non-hydrogen) atoms. The van der Waals surface area contributed by atoms with Crippen LogP contribution >= 0.6 is 0 Å². The molecule has 1 aromatic rings. The molecular formula is C15H20FNO2. The minimum Gasteiger partial charge on any atom is -0.377 e.